The van der Waals surface area contributed by atoms with Crippen molar-refractivity contribution < 1.29 is 4.74 Å². The third-order valence-electron chi connectivity index (χ3n) is 5.21. The number of rotatable bonds is 4. The van der Waals surface area contributed by atoms with Crippen molar-refractivity contribution in [1.29, 1.82) is 0 Å². The van der Waals surface area contributed by atoms with Gasteiger partial charge >= 0.3 is 0 Å². The summed E-state index contributed by atoms with van der Waals surface area (Å²) in [5, 5.41) is 3.40. The maximum absolute atomic E-state index is 5.80. The number of likely N-dealkylation sites (tertiary alicyclic amines) is 1. The second kappa shape index (κ2) is 6.55. The van der Waals surface area contributed by atoms with Gasteiger partial charge < -0.3 is 10.1 Å². The molecule has 0 aliphatic carbocycles. The summed E-state index contributed by atoms with van der Waals surface area (Å²) in [5.74, 6) is 1.65. The first-order valence-electron chi connectivity index (χ1n) is 8.03. The molecule has 2 aliphatic rings. The summed E-state index contributed by atoms with van der Waals surface area (Å²) < 4.78 is 5.80. The van der Waals surface area contributed by atoms with Crippen LogP contribution >= 0.6 is 0 Å². The van der Waals surface area contributed by atoms with Gasteiger partial charge in [-0.05, 0) is 45.1 Å². The predicted molar refractivity (Wildman–Crippen MR) is 80.4 cm³/mol. The standard InChI is InChI=1S/C16H32N2O/c1-13-8-14(2)15(3)18(9-13)11-16(10-17-4)6-5-7-19-12-16/h13-15,17H,5-12H2,1-4H3. The Morgan fingerprint density at radius 3 is 2.74 bits per heavy atom. The maximum atomic E-state index is 5.80. The van der Waals surface area contributed by atoms with E-state index in [9.17, 15) is 0 Å². The quantitative estimate of drug-likeness (QED) is 0.847. The number of ether oxygens (including phenoxy) is 1. The molecule has 2 aliphatic heterocycles. The number of nitrogens with zero attached hydrogens (tertiary/aromatic N) is 1. The minimum Gasteiger partial charge on any atom is -0.381 e. The first-order valence-corrected chi connectivity index (χ1v) is 8.03. The molecule has 2 saturated heterocycles. The molecule has 0 saturated carbocycles. The van der Waals surface area contributed by atoms with E-state index in [-0.39, 0.29) is 0 Å². The van der Waals surface area contributed by atoms with Crippen LogP contribution in [0.3, 0.4) is 0 Å². The van der Waals surface area contributed by atoms with Crippen molar-refractivity contribution in [1.82, 2.24) is 10.2 Å². The third-order valence-corrected chi connectivity index (χ3v) is 5.21. The molecule has 0 spiro atoms. The van der Waals surface area contributed by atoms with Crippen LogP contribution in [0.15, 0.2) is 0 Å². The lowest BCUT2D eigenvalue weighted by atomic mass is 9.79. The highest BCUT2D eigenvalue weighted by molar-refractivity contribution is 4.91. The number of hydrogen-bond acceptors (Lipinski definition) is 3. The zero-order valence-corrected chi connectivity index (χ0v) is 13.2. The molecule has 3 nitrogen and oxygen atoms in total. The highest BCUT2D eigenvalue weighted by atomic mass is 16.5. The summed E-state index contributed by atoms with van der Waals surface area (Å²) in [4.78, 5) is 2.73. The van der Waals surface area contributed by atoms with Crippen molar-refractivity contribution >= 4 is 0 Å². The molecule has 0 radical (unpaired) electrons. The van der Waals surface area contributed by atoms with Crippen LogP contribution in [0.25, 0.3) is 0 Å². The summed E-state index contributed by atoms with van der Waals surface area (Å²) in [6, 6.07) is 0.715. The van der Waals surface area contributed by atoms with E-state index in [2.05, 4.69) is 38.0 Å². The van der Waals surface area contributed by atoms with Gasteiger partial charge in [0.05, 0.1) is 6.61 Å². The maximum Gasteiger partial charge on any atom is 0.0546 e. The highest BCUT2D eigenvalue weighted by Crippen LogP contribution is 2.34. The number of hydrogen-bond donors (Lipinski definition) is 1. The van der Waals surface area contributed by atoms with Crippen LogP contribution < -0.4 is 5.32 Å². The molecule has 19 heavy (non-hydrogen) atoms. The summed E-state index contributed by atoms with van der Waals surface area (Å²) >= 11 is 0. The van der Waals surface area contributed by atoms with E-state index in [0.29, 0.717) is 11.5 Å². The Bertz CT molecular complexity index is 270. The minimum absolute atomic E-state index is 0.331. The number of nitrogens with one attached hydrogen (secondary N) is 1. The van der Waals surface area contributed by atoms with Gasteiger partial charge in [0, 0.05) is 37.7 Å². The Kier molecular flexibility index (Phi) is 5.27. The summed E-state index contributed by atoms with van der Waals surface area (Å²) in [6.45, 7) is 12.6. The van der Waals surface area contributed by atoms with Crippen molar-refractivity contribution in [3.63, 3.8) is 0 Å². The molecular formula is C16H32N2O. The van der Waals surface area contributed by atoms with Gasteiger partial charge in [0.2, 0.25) is 0 Å². The molecule has 2 heterocycles. The Labute approximate surface area is 119 Å². The lowest BCUT2D eigenvalue weighted by molar-refractivity contribution is -0.0461. The van der Waals surface area contributed by atoms with Crippen molar-refractivity contribution in [3.05, 3.63) is 0 Å². The van der Waals surface area contributed by atoms with Crippen molar-refractivity contribution in [3.8, 4) is 0 Å². The zero-order chi connectivity index (χ0) is 13.9. The topological polar surface area (TPSA) is 24.5 Å². The largest absolute Gasteiger partial charge is 0.381 e. The Morgan fingerprint density at radius 1 is 1.32 bits per heavy atom. The summed E-state index contributed by atoms with van der Waals surface area (Å²) in [7, 11) is 2.07. The van der Waals surface area contributed by atoms with Gasteiger partial charge in [0.15, 0.2) is 0 Å². The average molecular weight is 268 g/mol. The summed E-state index contributed by atoms with van der Waals surface area (Å²) in [6.07, 6.45) is 3.90. The molecule has 0 aromatic rings. The first-order chi connectivity index (χ1) is 9.06. The van der Waals surface area contributed by atoms with Gasteiger partial charge in [-0.1, -0.05) is 13.8 Å². The lowest BCUT2D eigenvalue weighted by Gasteiger charge is -2.47. The fourth-order valence-electron chi connectivity index (χ4n) is 4.08. The van der Waals surface area contributed by atoms with Crippen molar-refractivity contribution in [2.45, 2.75) is 46.1 Å². The van der Waals surface area contributed by atoms with Gasteiger partial charge in [-0.25, -0.2) is 0 Å². The fourth-order valence-corrected chi connectivity index (χ4v) is 4.08. The van der Waals surface area contributed by atoms with Crippen LogP contribution in [-0.2, 0) is 4.74 Å². The average Bonchev–Trinajstić information content (AvgIpc) is 2.37. The predicted octanol–water partition coefficient (Wildman–Crippen LogP) is 2.37. The molecule has 112 valence electrons. The van der Waals surface area contributed by atoms with Crippen LogP contribution in [0, 0.1) is 17.3 Å². The molecule has 0 amide bonds. The van der Waals surface area contributed by atoms with E-state index in [1.165, 1.54) is 32.4 Å². The zero-order valence-electron chi connectivity index (χ0n) is 13.2. The molecular weight excluding hydrogens is 236 g/mol. The summed E-state index contributed by atoms with van der Waals surface area (Å²) in [5.41, 5.74) is 0.331. The van der Waals surface area contributed by atoms with E-state index in [1.807, 2.05) is 0 Å². The monoisotopic (exact) mass is 268 g/mol. The van der Waals surface area contributed by atoms with E-state index >= 15 is 0 Å². The molecule has 3 heteroatoms. The Morgan fingerprint density at radius 2 is 2.11 bits per heavy atom. The molecule has 2 rings (SSSR count). The van der Waals surface area contributed by atoms with E-state index in [4.69, 9.17) is 4.74 Å². The van der Waals surface area contributed by atoms with E-state index in [1.54, 1.807) is 0 Å². The van der Waals surface area contributed by atoms with Crippen molar-refractivity contribution in [2.24, 2.45) is 17.3 Å². The van der Waals surface area contributed by atoms with Gasteiger partial charge in [-0.15, -0.1) is 0 Å². The van der Waals surface area contributed by atoms with Gasteiger partial charge in [0.1, 0.15) is 0 Å². The molecule has 4 atom stereocenters. The Hall–Kier alpha value is -0.120. The normalized spacial score (nSPS) is 41.4. The van der Waals surface area contributed by atoms with Crippen LogP contribution in [0.5, 0.6) is 0 Å². The van der Waals surface area contributed by atoms with Crippen LogP contribution in [0.1, 0.15) is 40.0 Å². The molecule has 0 bridgehead atoms. The minimum atomic E-state index is 0.331. The molecule has 0 aromatic carbocycles. The first kappa shape index (κ1) is 15.3. The lowest BCUT2D eigenvalue weighted by Crippen LogP contribution is -2.54. The van der Waals surface area contributed by atoms with Crippen LogP contribution in [0.4, 0.5) is 0 Å². The second-order valence-electron chi connectivity index (χ2n) is 7.17. The van der Waals surface area contributed by atoms with Crippen molar-refractivity contribution in [2.75, 3.05) is 39.9 Å². The number of piperidine rings is 1. The van der Waals surface area contributed by atoms with Gasteiger partial charge in [-0.2, -0.15) is 0 Å². The van der Waals surface area contributed by atoms with Gasteiger partial charge in [-0.3, -0.25) is 4.90 Å². The SMILES string of the molecule is CNCC1(CN2CC(C)CC(C)C2C)CCCOC1. The molecule has 1 N–H and O–H groups in total. The fraction of sp³-hybridized carbons (Fsp3) is 1.00. The highest BCUT2D eigenvalue weighted by Gasteiger charge is 2.38. The van der Waals surface area contributed by atoms with Gasteiger partial charge in [0.25, 0.3) is 0 Å². The molecule has 4 unspecified atom stereocenters. The van der Waals surface area contributed by atoms with E-state index < -0.39 is 0 Å². The molecule has 0 aromatic heterocycles. The van der Waals surface area contributed by atoms with Crippen LogP contribution in [-0.4, -0.2) is 50.8 Å². The Balaban J connectivity index is 2.02. The second-order valence-corrected chi connectivity index (χ2v) is 7.17. The molecule has 2 fully saturated rings. The van der Waals surface area contributed by atoms with Crippen LogP contribution in [0.2, 0.25) is 0 Å². The third kappa shape index (κ3) is 3.71. The van der Waals surface area contributed by atoms with E-state index in [0.717, 1.165) is 31.6 Å². The smallest absolute Gasteiger partial charge is 0.0546 e.